The van der Waals surface area contributed by atoms with Crippen LogP contribution in [0.15, 0.2) is 47.6 Å². The lowest BCUT2D eigenvalue weighted by Crippen LogP contribution is -2.39. The molecule has 0 unspecified atom stereocenters. The van der Waals surface area contributed by atoms with E-state index in [0.29, 0.717) is 10.7 Å². The Morgan fingerprint density at radius 3 is 2.73 bits per heavy atom. The molecule has 0 saturated carbocycles. The molecule has 7 nitrogen and oxygen atoms in total. The highest BCUT2D eigenvalue weighted by Crippen LogP contribution is 2.25. The molecule has 3 rings (SSSR count). The molecule has 1 fully saturated rings. The normalized spacial score (nSPS) is 14.4. The molecule has 0 bridgehead atoms. The van der Waals surface area contributed by atoms with Gasteiger partial charge in [-0.25, -0.2) is 13.8 Å². The zero-order valence-corrected chi connectivity index (χ0v) is 18.9. The van der Waals surface area contributed by atoms with Gasteiger partial charge in [-0.15, -0.1) is 0 Å². The molecule has 1 saturated heterocycles. The summed E-state index contributed by atoms with van der Waals surface area (Å²) in [4.78, 5) is 12.3. The number of amides is 1. The molecular formula is C20H22ClN3O4S2. The second-order valence-corrected chi connectivity index (χ2v) is 10.2. The number of nitrogens with zero attached hydrogens (tertiary/aromatic N) is 2. The Labute approximate surface area is 185 Å². The maximum Gasteiger partial charge on any atom is 0.260 e. The van der Waals surface area contributed by atoms with Crippen LogP contribution in [-0.4, -0.2) is 50.9 Å². The van der Waals surface area contributed by atoms with Gasteiger partial charge in [0.1, 0.15) is 18.4 Å². The predicted molar refractivity (Wildman–Crippen MR) is 122 cm³/mol. The third kappa shape index (κ3) is 6.13. The van der Waals surface area contributed by atoms with Gasteiger partial charge in [0.2, 0.25) is 10.0 Å². The summed E-state index contributed by atoms with van der Waals surface area (Å²) >= 11 is 7.94. The number of hydrogen-bond acceptors (Lipinski definition) is 6. The van der Waals surface area contributed by atoms with Gasteiger partial charge in [0.05, 0.1) is 18.2 Å². The van der Waals surface area contributed by atoms with Crippen LogP contribution in [0.4, 0.5) is 5.69 Å². The van der Waals surface area contributed by atoms with Crippen molar-refractivity contribution in [3.8, 4) is 5.75 Å². The van der Waals surface area contributed by atoms with Gasteiger partial charge in [0.25, 0.3) is 5.91 Å². The summed E-state index contributed by atoms with van der Waals surface area (Å²) in [7, 11) is -3.69. The fraction of sp³-hybridized carbons (Fsp3) is 0.300. The number of halogens is 1. The summed E-state index contributed by atoms with van der Waals surface area (Å²) < 4.78 is 31.1. The minimum Gasteiger partial charge on any atom is -0.489 e. The molecule has 0 atom stereocenters. The van der Waals surface area contributed by atoms with Crippen LogP contribution in [0.3, 0.4) is 0 Å². The molecule has 2 aromatic carbocycles. The van der Waals surface area contributed by atoms with Crippen molar-refractivity contribution in [2.24, 2.45) is 5.10 Å². The number of ether oxygens (including phenoxy) is 1. The Bertz CT molecular complexity index is 1060. The fourth-order valence-electron chi connectivity index (χ4n) is 2.62. The van der Waals surface area contributed by atoms with Crippen LogP contribution < -0.4 is 14.5 Å². The van der Waals surface area contributed by atoms with Crippen molar-refractivity contribution in [1.82, 2.24) is 5.43 Å². The first-order valence-corrected chi connectivity index (χ1v) is 12.5. The minimum absolute atomic E-state index is 0.235. The van der Waals surface area contributed by atoms with Crippen molar-refractivity contribution in [2.45, 2.75) is 13.0 Å². The number of thioether (sulfide) groups is 1. The highest BCUT2D eigenvalue weighted by molar-refractivity contribution is 8.00. The summed E-state index contributed by atoms with van der Waals surface area (Å²) in [5.74, 6) is 2.14. The summed E-state index contributed by atoms with van der Waals surface area (Å²) in [6, 6.07) is 12.2. The van der Waals surface area contributed by atoms with Gasteiger partial charge in [-0.1, -0.05) is 29.8 Å². The largest absolute Gasteiger partial charge is 0.489 e. The van der Waals surface area contributed by atoms with E-state index in [1.54, 1.807) is 12.1 Å². The Balaban J connectivity index is 1.63. The van der Waals surface area contributed by atoms with E-state index in [2.05, 4.69) is 10.5 Å². The summed E-state index contributed by atoms with van der Waals surface area (Å²) in [5, 5.41) is 4.34. The van der Waals surface area contributed by atoms with E-state index >= 15 is 0 Å². The number of benzene rings is 2. The van der Waals surface area contributed by atoms with Crippen LogP contribution in [0, 0.1) is 6.92 Å². The zero-order chi connectivity index (χ0) is 21.7. The van der Waals surface area contributed by atoms with Crippen molar-refractivity contribution in [2.75, 3.05) is 28.6 Å². The molecule has 0 aromatic heterocycles. The molecule has 160 valence electrons. The Hall–Kier alpha value is -2.23. The fourth-order valence-corrected chi connectivity index (χ4v) is 4.21. The standard InChI is InChI=1S/C20H22ClN3O4S2/c1-14-6-7-16(9-19(14)21)24(30(2,26)27)11-20(25)23-22-10-15-4-3-5-17(8-15)28-18-12-29-13-18/h3-10,18H,11-13H2,1-2H3,(H,23,25)/b22-10-. The van der Waals surface area contributed by atoms with Crippen molar-refractivity contribution in [1.29, 1.82) is 0 Å². The van der Waals surface area contributed by atoms with E-state index < -0.39 is 22.5 Å². The minimum atomic E-state index is -3.69. The number of nitrogens with one attached hydrogen (secondary N) is 1. The number of hydrogen-bond donors (Lipinski definition) is 1. The number of aryl methyl sites for hydroxylation is 1. The average Bonchev–Trinajstić information content (AvgIpc) is 2.65. The van der Waals surface area contributed by atoms with E-state index in [4.69, 9.17) is 16.3 Å². The molecule has 2 aromatic rings. The highest BCUT2D eigenvalue weighted by Gasteiger charge is 2.21. The first kappa shape index (κ1) is 22.5. The van der Waals surface area contributed by atoms with Gasteiger partial charge in [0, 0.05) is 16.5 Å². The molecule has 0 aliphatic carbocycles. The monoisotopic (exact) mass is 467 g/mol. The van der Waals surface area contributed by atoms with Crippen LogP contribution in [-0.2, 0) is 14.8 Å². The molecule has 1 aliphatic rings. The molecule has 1 amide bonds. The van der Waals surface area contributed by atoms with E-state index in [1.165, 1.54) is 12.3 Å². The number of anilines is 1. The SMILES string of the molecule is Cc1ccc(N(CC(=O)N/N=C\c2cccc(OC3CSC3)c2)S(C)(=O)=O)cc1Cl. The van der Waals surface area contributed by atoms with Crippen molar-refractivity contribution in [3.63, 3.8) is 0 Å². The number of carbonyl (C=O) groups excluding carboxylic acids is 1. The van der Waals surface area contributed by atoms with Gasteiger partial charge >= 0.3 is 0 Å². The average molecular weight is 468 g/mol. The lowest BCUT2D eigenvalue weighted by molar-refractivity contribution is -0.119. The zero-order valence-electron chi connectivity index (χ0n) is 16.5. The molecule has 30 heavy (non-hydrogen) atoms. The summed E-state index contributed by atoms with van der Waals surface area (Å²) in [6.07, 6.45) is 2.75. The molecule has 0 spiro atoms. The molecule has 1 aliphatic heterocycles. The predicted octanol–water partition coefficient (Wildman–Crippen LogP) is 3.06. The van der Waals surface area contributed by atoms with E-state index in [-0.39, 0.29) is 6.10 Å². The quantitative estimate of drug-likeness (QED) is 0.476. The Kier molecular flexibility index (Phi) is 7.27. The highest BCUT2D eigenvalue weighted by atomic mass is 35.5. The topological polar surface area (TPSA) is 88.1 Å². The van der Waals surface area contributed by atoms with Crippen molar-refractivity contribution in [3.05, 3.63) is 58.6 Å². The van der Waals surface area contributed by atoms with Crippen molar-refractivity contribution >= 4 is 51.2 Å². The van der Waals surface area contributed by atoms with Gasteiger partial charge in [0.15, 0.2) is 0 Å². The second-order valence-electron chi connectivity index (χ2n) is 6.85. The smallest absolute Gasteiger partial charge is 0.260 e. The van der Waals surface area contributed by atoms with Crippen LogP contribution in [0.5, 0.6) is 5.75 Å². The van der Waals surface area contributed by atoms with Gasteiger partial charge < -0.3 is 4.74 Å². The van der Waals surface area contributed by atoms with Crippen LogP contribution >= 0.6 is 23.4 Å². The number of carbonyl (C=O) groups is 1. The van der Waals surface area contributed by atoms with Gasteiger partial charge in [-0.3, -0.25) is 9.10 Å². The van der Waals surface area contributed by atoms with Crippen LogP contribution in [0.1, 0.15) is 11.1 Å². The Morgan fingerprint density at radius 2 is 2.10 bits per heavy atom. The lowest BCUT2D eigenvalue weighted by atomic mass is 10.2. The van der Waals surface area contributed by atoms with E-state index in [1.807, 2.05) is 43.0 Å². The second kappa shape index (κ2) is 9.72. The van der Waals surface area contributed by atoms with Gasteiger partial charge in [-0.05, 0) is 42.3 Å². The summed E-state index contributed by atoms with van der Waals surface area (Å²) in [6.45, 7) is 1.39. The first-order chi connectivity index (χ1) is 14.2. The molecular weight excluding hydrogens is 446 g/mol. The van der Waals surface area contributed by atoms with Crippen LogP contribution in [0.25, 0.3) is 0 Å². The first-order valence-electron chi connectivity index (χ1n) is 9.12. The lowest BCUT2D eigenvalue weighted by Gasteiger charge is -2.25. The summed E-state index contributed by atoms with van der Waals surface area (Å²) in [5.41, 5.74) is 4.24. The maximum absolute atomic E-state index is 12.3. The molecule has 1 N–H and O–H groups in total. The molecule has 0 radical (unpaired) electrons. The van der Waals surface area contributed by atoms with Crippen LogP contribution in [0.2, 0.25) is 5.02 Å². The maximum atomic E-state index is 12.3. The van der Waals surface area contributed by atoms with E-state index in [0.717, 1.165) is 38.9 Å². The third-order valence-electron chi connectivity index (χ3n) is 4.30. The van der Waals surface area contributed by atoms with Gasteiger partial charge in [-0.2, -0.15) is 16.9 Å². The van der Waals surface area contributed by atoms with Crippen molar-refractivity contribution < 1.29 is 17.9 Å². The van der Waals surface area contributed by atoms with E-state index in [9.17, 15) is 13.2 Å². The molecule has 1 heterocycles. The number of sulfonamides is 1. The number of hydrazone groups is 1. The number of rotatable bonds is 8. The Morgan fingerprint density at radius 1 is 1.33 bits per heavy atom. The molecule has 10 heteroatoms. The third-order valence-corrected chi connectivity index (χ3v) is 7.06.